The number of hydrogen-bond acceptors (Lipinski definition) is 3. The molecule has 0 saturated carbocycles. The molecule has 0 aliphatic heterocycles. The number of ether oxygens (including phenoxy) is 1. The minimum atomic E-state index is -0.233. The van der Waals surface area contributed by atoms with Gasteiger partial charge in [-0.15, -0.1) is 0 Å². The summed E-state index contributed by atoms with van der Waals surface area (Å²) in [6.45, 7) is 4.45. The third-order valence-electron chi connectivity index (χ3n) is 3.33. The van der Waals surface area contributed by atoms with Gasteiger partial charge >= 0.3 is 5.97 Å². The summed E-state index contributed by atoms with van der Waals surface area (Å²) in [6, 6.07) is 0. The fraction of sp³-hybridized carbons (Fsp3) is 0.667. The first-order chi connectivity index (χ1) is 7.63. The second kappa shape index (κ2) is 4.28. The molecule has 1 atom stereocenters. The van der Waals surface area contributed by atoms with E-state index in [4.69, 9.17) is 0 Å². The van der Waals surface area contributed by atoms with E-state index in [1.165, 1.54) is 31.2 Å². The molecular formula is C12H18N2O2. The average molecular weight is 222 g/mol. The first-order valence-electron chi connectivity index (χ1n) is 5.76. The Balaban J connectivity index is 2.35. The fourth-order valence-corrected chi connectivity index (χ4v) is 2.53. The van der Waals surface area contributed by atoms with Crippen LogP contribution in [-0.2, 0) is 22.5 Å². The van der Waals surface area contributed by atoms with E-state index in [1.807, 2.05) is 11.6 Å². The van der Waals surface area contributed by atoms with Crippen LogP contribution in [0.3, 0.4) is 0 Å². The molecular weight excluding hydrogens is 204 g/mol. The topological polar surface area (TPSA) is 44.1 Å². The summed E-state index contributed by atoms with van der Waals surface area (Å²) in [5.41, 5.74) is 3.63. The highest BCUT2D eigenvalue weighted by atomic mass is 16.5. The van der Waals surface area contributed by atoms with Crippen LogP contribution in [0.1, 0.15) is 42.6 Å². The molecule has 88 valence electrons. The number of hydrogen-bond donors (Lipinski definition) is 0. The number of rotatable bonds is 2. The molecule has 0 radical (unpaired) electrons. The van der Waals surface area contributed by atoms with E-state index in [2.05, 4.69) is 16.8 Å². The zero-order valence-electron chi connectivity index (χ0n) is 10.1. The average Bonchev–Trinajstić information content (AvgIpc) is 2.57. The summed E-state index contributed by atoms with van der Waals surface area (Å²) in [5.74, 6) is 0.262. The number of carbonyl (C=O) groups is 1. The number of carbonyl (C=O) groups excluding carboxylic acids is 1. The van der Waals surface area contributed by atoms with Crippen LogP contribution in [0.25, 0.3) is 0 Å². The predicted molar refractivity (Wildman–Crippen MR) is 60.3 cm³/mol. The van der Waals surface area contributed by atoms with Crippen LogP contribution in [0.2, 0.25) is 0 Å². The van der Waals surface area contributed by atoms with Crippen molar-refractivity contribution in [1.82, 2.24) is 9.78 Å². The maximum Gasteiger partial charge on any atom is 0.327 e. The molecule has 0 amide bonds. The van der Waals surface area contributed by atoms with Gasteiger partial charge in [-0.25, -0.2) is 0 Å². The predicted octanol–water partition coefficient (Wildman–Crippen LogP) is 1.80. The Bertz CT molecular complexity index is 409. The molecule has 1 aliphatic carbocycles. The second-order valence-electron chi connectivity index (χ2n) is 4.48. The third-order valence-corrected chi connectivity index (χ3v) is 3.33. The monoisotopic (exact) mass is 222 g/mol. The molecule has 1 aliphatic rings. The van der Waals surface area contributed by atoms with E-state index in [0.29, 0.717) is 5.92 Å². The van der Waals surface area contributed by atoms with Crippen molar-refractivity contribution in [1.29, 1.82) is 0 Å². The van der Waals surface area contributed by atoms with Gasteiger partial charge in [0.1, 0.15) is 6.54 Å². The highest BCUT2D eigenvalue weighted by Gasteiger charge is 2.24. The van der Waals surface area contributed by atoms with Gasteiger partial charge in [-0.3, -0.25) is 9.48 Å². The molecule has 0 spiro atoms. The molecule has 2 rings (SSSR count). The lowest BCUT2D eigenvalue weighted by molar-refractivity contribution is -0.141. The van der Waals surface area contributed by atoms with Crippen molar-refractivity contribution in [2.75, 3.05) is 7.11 Å². The van der Waals surface area contributed by atoms with E-state index in [9.17, 15) is 4.79 Å². The van der Waals surface area contributed by atoms with Gasteiger partial charge in [0.2, 0.25) is 0 Å². The van der Waals surface area contributed by atoms with E-state index in [-0.39, 0.29) is 12.5 Å². The van der Waals surface area contributed by atoms with Gasteiger partial charge in [-0.2, -0.15) is 5.10 Å². The lowest BCUT2D eigenvalue weighted by Crippen LogP contribution is -2.18. The normalized spacial score (nSPS) is 19.3. The van der Waals surface area contributed by atoms with Crippen molar-refractivity contribution in [3.05, 3.63) is 17.0 Å². The molecule has 0 saturated heterocycles. The zero-order chi connectivity index (χ0) is 11.7. The lowest BCUT2D eigenvalue weighted by Gasteiger charge is -2.20. The molecule has 4 heteroatoms. The largest absolute Gasteiger partial charge is 0.468 e. The zero-order valence-corrected chi connectivity index (χ0v) is 10.1. The van der Waals surface area contributed by atoms with Crippen LogP contribution < -0.4 is 0 Å². The number of fused-ring (bicyclic) bond motifs is 1. The van der Waals surface area contributed by atoms with Crippen molar-refractivity contribution in [3.8, 4) is 0 Å². The standard InChI is InChI=1S/C12H18N2O2/c1-8-5-4-6-10-9(2)13-14(12(8)10)7-11(15)16-3/h8H,4-7H2,1-3H3. The summed E-state index contributed by atoms with van der Waals surface area (Å²) in [5, 5.41) is 4.45. The Kier molecular flexibility index (Phi) is 2.99. The van der Waals surface area contributed by atoms with Crippen molar-refractivity contribution in [2.45, 2.75) is 45.6 Å². The number of nitrogens with zero attached hydrogens (tertiary/aromatic N) is 2. The molecule has 0 N–H and O–H groups in total. The maximum absolute atomic E-state index is 11.3. The molecule has 1 heterocycles. The Morgan fingerprint density at radius 3 is 3.06 bits per heavy atom. The number of esters is 1. The third kappa shape index (κ3) is 1.84. The molecule has 4 nitrogen and oxygen atoms in total. The van der Waals surface area contributed by atoms with Gasteiger partial charge < -0.3 is 4.74 Å². The van der Waals surface area contributed by atoms with E-state index in [0.717, 1.165) is 12.1 Å². The quantitative estimate of drug-likeness (QED) is 0.717. The Morgan fingerprint density at radius 2 is 2.38 bits per heavy atom. The van der Waals surface area contributed by atoms with Crippen LogP contribution >= 0.6 is 0 Å². The smallest absolute Gasteiger partial charge is 0.327 e. The van der Waals surface area contributed by atoms with E-state index in [1.54, 1.807) is 0 Å². The maximum atomic E-state index is 11.3. The minimum absolute atomic E-state index is 0.233. The Hall–Kier alpha value is -1.32. The van der Waals surface area contributed by atoms with Crippen LogP contribution in [0.5, 0.6) is 0 Å². The molecule has 0 aromatic carbocycles. The molecule has 0 fully saturated rings. The van der Waals surface area contributed by atoms with Crippen molar-refractivity contribution in [3.63, 3.8) is 0 Å². The summed E-state index contributed by atoms with van der Waals surface area (Å²) in [6.07, 6.45) is 3.49. The molecule has 1 aromatic heterocycles. The van der Waals surface area contributed by atoms with Gasteiger partial charge in [0.05, 0.1) is 12.8 Å². The number of aryl methyl sites for hydroxylation is 1. The van der Waals surface area contributed by atoms with Crippen molar-refractivity contribution < 1.29 is 9.53 Å². The van der Waals surface area contributed by atoms with Crippen molar-refractivity contribution >= 4 is 5.97 Å². The first-order valence-corrected chi connectivity index (χ1v) is 5.76. The van der Waals surface area contributed by atoms with Gasteiger partial charge in [0.25, 0.3) is 0 Å². The summed E-state index contributed by atoms with van der Waals surface area (Å²) in [4.78, 5) is 11.3. The van der Waals surface area contributed by atoms with Crippen LogP contribution in [-0.4, -0.2) is 22.9 Å². The first kappa shape index (κ1) is 11.2. The molecule has 1 aromatic rings. The minimum Gasteiger partial charge on any atom is -0.468 e. The van der Waals surface area contributed by atoms with E-state index >= 15 is 0 Å². The number of methoxy groups -OCH3 is 1. The summed E-state index contributed by atoms with van der Waals surface area (Å²) < 4.78 is 6.51. The summed E-state index contributed by atoms with van der Waals surface area (Å²) in [7, 11) is 1.41. The SMILES string of the molecule is COC(=O)Cn1nc(C)c2c1C(C)CCC2. The highest BCUT2D eigenvalue weighted by molar-refractivity contribution is 5.69. The second-order valence-corrected chi connectivity index (χ2v) is 4.48. The Labute approximate surface area is 95.6 Å². The molecule has 1 unspecified atom stereocenters. The number of aromatic nitrogens is 2. The Morgan fingerprint density at radius 1 is 1.62 bits per heavy atom. The van der Waals surface area contributed by atoms with Gasteiger partial charge in [0.15, 0.2) is 0 Å². The van der Waals surface area contributed by atoms with Gasteiger partial charge in [-0.05, 0) is 37.7 Å². The van der Waals surface area contributed by atoms with Crippen LogP contribution in [0.4, 0.5) is 0 Å². The lowest BCUT2D eigenvalue weighted by atomic mass is 9.88. The molecule has 0 bridgehead atoms. The molecule has 16 heavy (non-hydrogen) atoms. The fourth-order valence-electron chi connectivity index (χ4n) is 2.53. The van der Waals surface area contributed by atoms with Crippen molar-refractivity contribution in [2.24, 2.45) is 0 Å². The highest BCUT2D eigenvalue weighted by Crippen LogP contribution is 2.32. The van der Waals surface area contributed by atoms with E-state index < -0.39 is 0 Å². The van der Waals surface area contributed by atoms with Gasteiger partial charge in [-0.1, -0.05) is 6.92 Å². The van der Waals surface area contributed by atoms with Crippen LogP contribution in [0.15, 0.2) is 0 Å². The summed E-state index contributed by atoms with van der Waals surface area (Å²) >= 11 is 0. The van der Waals surface area contributed by atoms with Crippen LogP contribution in [0, 0.1) is 6.92 Å². The van der Waals surface area contributed by atoms with Gasteiger partial charge in [0, 0.05) is 5.69 Å².